The van der Waals surface area contributed by atoms with E-state index in [0.717, 1.165) is 7.11 Å². The lowest BCUT2D eigenvalue weighted by Gasteiger charge is -2.20. The Morgan fingerprint density at radius 1 is 0.833 bits per heavy atom. The number of carbonyl (C=O) groups excluding carboxylic acids is 3. The van der Waals surface area contributed by atoms with E-state index in [0.29, 0.717) is 5.56 Å². The van der Waals surface area contributed by atoms with E-state index in [4.69, 9.17) is 4.74 Å². The molecular formula is C24H23F6NO5. The maximum Gasteiger partial charge on any atom is 0.416 e. The molecule has 0 radical (unpaired) electrons. The first-order valence-electron chi connectivity index (χ1n) is 10.4. The molecule has 12 heteroatoms. The number of carbonyl (C=O) groups is 3. The third-order valence-corrected chi connectivity index (χ3v) is 4.67. The van der Waals surface area contributed by atoms with Gasteiger partial charge in [-0.15, -0.1) is 0 Å². The van der Waals surface area contributed by atoms with Crippen LogP contribution in [0.5, 0.6) is 0 Å². The normalized spacial score (nSPS) is 13.1. The molecule has 0 unspecified atom stereocenters. The number of nitrogens with one attached hydrogen (secondary N) is 1. The minimum absolute atomic E-state index is 0.110. The second kappa shape index (κ2) is 10.6. The fourth-order valence-corrected chi connectivity index (χ4v) is 3.01. The fraction of sp³-hybridized carbons (Fsp3) is 0.375. The van der Waals surface area contributed by atoms with E-state index in [2.05, 4.69) is 10.1 Å². The van der Waals surface area contributed by atoms with Gasteiger partial charge in [-0.2, -0.15) is 26.3 Å². The van der Waals surface area contributed by atoms with Crippen molar-refractivity contribution in [2.24, 2.45) is 0 Å². The molecule has 1 N–H and O–H groups in total. The smallest absolute Gasteiger partial charge is 0.416 e. The van der Waals surface area contributed by atoms with E-state index in [1.54, 1.807) is 20.8 Å². The van der Waals surface area contributed by atoms with Gasteiger partial charge in [-0.25, -0.2) is 9.59 Å². The predicted molar refractivity (Wildman–Crippen MR) is 115 cm³/mol. The van der Waals surface area contributed by atoms with Crippen LogP contribution in [0.4, 0.5) is 26.3 Å². The Kier molecular flexibility index (Phi) is 8.43. The highest BCUT2D eigenvalue weighted by Gasteiger charge is 2.38. The van der Waals surface area contributed by atoms with Gasteiger partial charge in [0.25, 0.3) is 5.91 Å². The molecule has 0 fully saturated rings. The second-order valence-electron chi connectivity index (χ2n) is 8.75. The van der Waals surface area contributed by atoms with Crippen LogP contribution in [-0.4, -0.2) is 36.6 Å². The first kappa shape index (κ1) is 28.7. The van der Waals surface area contributed by atoms with E-state index in [1.165, 1.54) is 24.3 Å². The summed E-state index contributed by atoms with van der Waals surface area (Å²) in [6.07, 6.45) is -10.5. The largest absolute Gasteiger partial charge is 0.467 e. The summed E-state index contributed by atoms with van der Waals surface area (Å²) in [5.74, 6) is -2.92. The van der Waals surface area contributed by atoms with Crippen molar-refractivity contribution >= 4 is 17.8 Å². The summed E-state index contributed by atoms with van der Waals surface area (Å²) in [4.78, 5) is 36.9. The van der Waals surface area contributed by atoms with E-state index in [9.17, 15) is 40.7 Å². The molecule has 0 aliphatic heterocycles. The fourth-order valence-electron chi connectivity index (χ4n) is 3.01. The highest BCUT2D eigenvalue weighted by Crippen LogP contribution is 2.36. The average molecular weight is 519 g/mol. The Hall–Kier alpha value is -3.57. The number of hydrogen-bond donors (Lipinski definition) is 1. The van der Waals surface area contributed by atoms with E-state index in [-0.39, 0.29) is 30.2 Å². The molecule has 1 amide bonds. The number of esters is 2. The molecule has 0 bridgehead atoms. The number of methoxy groups -OCH3 is 1. The highest BCUT2D eigenvalue weighted by molar-refractivity contribution is 5.97. The van der Waals surface area contributed by atoms with Gasteiger partial charge in [0.2, 0.25) is 0 Å². The SMILES string of the molecule is COC(=O)[C@H](Cc1ccc(C(=O)OC(C)(C)C)cc1)NC(=O)c1cc(C(F)(F)F)cc(C(F)(F)F)c1. The van der Waals surface area contributed by atoms with Crippen LogP contribution in [0.25, 0.3) is 0 Å². The van der Waals surface area contributed by atoms with Crippen molar-refractivity contribution < 1.29 is 50.2 Å². The van der Waals surface area contributed by atoms with Crippen molar-refractivity contribution in [1.29, 1.82) is 0 Å². The van der Waals surface area contributed by atoms with Crippen LogP contribution in [0.1, 0.15) is 58.2 Å². The average Bonchev–Trinajstić information content (AvgIpc) is 2.75. The molecule has 0 aromatic heterocycles. The molecule has 2 rings (SSSR count). The Labute approximate surface area is 202 Å². The number of ether oxygens (including phenoxy) is 2. The van der Waals surface area contributed by atoms with Gasteiger partial charge in [0.15, 0.2) is 0 Å². The van der Waals surface area contributed by atoms with Crippen molar-refractivity contribution in [3.05, 3.63) is 70.3 Å². The number of hydrogen-bond acceptors (Lipinski definition) is 5. The van der Waals surface area contributed by atoms with Crippen LogP contribution >= 0.6 is 0 Å². The second-order valence-corrected chi connectivity index (χ2v) is 8.75. The minimum atomic E-state index is -5.14. The van der Waals surface area contributed by atoms with Gasteiger partial charge in [-0.3, -0.25) is 4.79 Å². The molecule has 0 aliphatic carbocycles. The van der Waals surface area contributed by atoms with E-state index in [1.807, 2.05) is 0 Å². The first-order valence-corrected chi connectivity index (χ1v) is 10.4. The van der Waals surface area contributed by atoms with Gasteiger partial charge in [0.1, 0.15) is 11.6 Å². The van der Waals surface area contributed by atoms with Crippen LogP contribution in [0.15, 0.2) is 42.5 Å². The molecule has 0 saturated heterocycles. The number of alkyl halides is 6. The number of amides is 1. The zero-order valence-electron chi connectivity index (χ0n) is 19.6. The van der Waals surface area contributed by atoms with Crippen LogP contribution in [-0.2, 0) is 33.0 Å². The molecule has 2 aromatic carbocycles. The first-order chi connectivity index (χ1) is 16.4. The monoisotopic (exact) mass is 519 g/mol. The summed E-state index contributed by atoms with van der Waals surface area (Å²) in [5, 5.41) is 2.12. The molecule has 2 aromatic rings. The number of halogens is 6. The number of rotatable bonds is 6. The topological polar surface area (TPSA) is 81.7 Å². The Balaban J connectivity index is 2.29. The van der Waals surface area contributed by atoms with E-state index < -0.39 is 58.5 Å². The lowest BCUT2D eigenvalue weighted by atomic mass is 10.0. The van der Waals surface area contributed by atoms with Gasteiger partial charge in [0.05, 0.1) is 23.8 Å². The van der Waals surface area contributed by atoms with Gasteiger partial charge < -0.3 is 14.8 Å². The van der Waals surface area contributed by atoms with Gasteiger partial charge >= 0.3 is 24.3 Å². The molecule has 0 aliphatic rings. The minimum Gasteiger partial charge on any atom is -0.467 e. The summed E-state index contributed by atoms with van der Waals surface area (Å²) in [5.41, 5.74) is -4.39. The molecule has 0 saturated carbocycles. The molecule has 196 valence electrons. The zero-order valence-corrected chi connectivity index (χ0v) is 19.6. The summed E-state index contributed by atoms with van der Waals surface area (Å²) < 4.78 is 88.5. The third kappa shape index (κ3) is 7.99. The summed E-state index contributed by atoms with van der Waals surface area (Å²) >= 11 is 0. The van der Waals surface area contributed by atoms with Crippen LogP contribution in [0.2, 0.25) is 0 Å². The predicted octanol–water partition coefficient (Wildman–Crippen LogP) is 5.19. The Morgan fingerprint density at radius 2 is 1.33 bits per heavy atom. The summed E-state index contributed by atoms with van der Waals surface area (Å²) in [6.45, 7) is 5.06. The molecule has 6 nitrogen and oxygen atoms in total. The van der Waals surface area contributed by atoms with Crippen LogP contribution in [0, 0.1) is 0 Å². The maximum atomic E-state index is 13.1. The highest BCUT2D eigenvalue weighted by atomic mass is 19.4. The maximum absolute atomic E-state index is 13.1. The van der Waals surface area contributed by atoms with Crippen LogP contribution in [0.3, 0.4) is 0 Å². The van der Waals surface area contributed by atoms with Crippen molar-refractivity contribution in [3.63, 3.8) is 0 Å². The molecule has 0 heterocycles. The molecule has 36 heavy (non-hydrogen) atoms. The Morgan fingerprint density at radius 3 is 1.75 bits per heavy atom. The van der Waals surface area contributed by atoms with Gasteiger partial charge in [-0.1, -0.05) is 12.1 Å². The van der Waals surface area contributed by atoms with Crippen molar-refractivity contribution in [2.45, 2.75) is 51.2 Å². The molecule has 1 atom stereocenters. The van der Waals surface area contributed by atoms with Crippen molar-refractivity contribution in [1.82, 2.24) is 5.32 Å². The standard InChI is InChI=1S/C24H23F6NO5/c1-22(2,3)36-20(33)14-7-5-13(6-8-14)9-18(21(34)35-4)31-19(32)15-10-16(23(25,26)27)12-17(11-15)24(28,29)30/h5-8,10-12,18H,9H2,1-4H3,(H,31,32)/t18-/m0/s1. The van der Waals surface area contributed by atoms with E-state index >= 15 is 0 Å². The summed E-state index contributed by atoms with van der Waals surface area (Å²) in [6, 6.07) is 4.67. The van der Waals surface area contributed by atoms with Crippen molar-refractivity contribution in [3.8, 4) is 0 Å². The van der Waals surface area contributed by atoms with Gasteiger partial charge in [-0.05, 0) is 56.7 Å². The molecular weight excluding hydrogens is 496 g/mol. The lowest BCUT2D eigenvalue weighted by Crippen LogP contribution is -2.43. The number of benzene rings is 2. The van der Waals surface area contributed by atoms with Gasteiger partial charge in [0, 0.05) is 12.0 Å². The zero-order chi connectivity index (χ0) is 27.5. The van der Waals surface area contributed by atoms with Crippen molar-refractivity contribution in [2.75, 3.05) is 7.11 Å². The Bertz CT molecular complexity index is 1090. The quantitative estimate of drug-likeness (QED) is 0.420. The third-order valence-electron chi connectivity index (χ3n) is 4.67. The lowest BCUT2D eigenvalue weighted by molar-refractivity contribution is -0.144. The summed E-state index contributed by atoms with van der Waals surface area (Å²) in [7, 11) is 0.999. The van der Waals surface area contributed by atoms with Crippen LogP contribution < -0.4 is 5.32 Å². The molecule has 0 spiro atoms.